The molecule has 5 heteroatoms. The van der Waals surface area contributed by atoms with Gasteiger partial charge in [0.25, 0.3) is 0 Å². The van der Waals surface area contributed by atoms with Crippen molar-refractivity contribution in [2.75, 3.05) is 32.7 Å². The lowest BCUT2D eigenvalue weighted by Gasteiger charge is -2.34. The summed E-state index contributed by atoms with van der Waals surface area (Å²) in [5.74, 6) is 0.144. The van der Waals surface area contributed by atoms with Crippen molar-refractivity contribution in [2.24, 2.45) is 0 Å². The second kappa shape index (κ2) is 9.24. The zero-order valence-electron chi connectivity index (χ0n) is 16.0. The highest BCUT2D eigenvalue weighted by Gasteiger charge is 2.19. The van der Waals surface area contributed by atoms with E-state index in [1.54, 1.807) is 11.3 Å². The predicted molar refractivity (Wildman–Crippen MR) is 115 cm³/mol. The van der Waals surface area contributed by atoms with E-state index in [0.29, 0.717) is 12.1 Å². The molecule has 144 valence electrons. The van der Waals surface area contributed by atoms with Crippen LogP contribution in [-0.4, -0.2) is 53.3 Å². The summed E-state index contributed by atoms with van der Waals surface area (Å²) in [6.45, 7) is 5.97. The minimum absolute atomic E-state index is 0.144. The molecule has 3 aromatic rings. The van der Waals surface area contributed by atoms with Gasteiger partial charge in [0.1, 0.15) is 10.7 Å². The van der Waals surface area contributed by atoms with Crippen molar-refractivity contribution < 1.29 is 4.79 Å². The molecule has 0 saturated carbocycles. The Morgan fingerprint density at radius 2 is 1.54 bits per heavy atom. The van der Waals surface area contributed by atoms with Crippen molar-refractivity contribution in [3.8, 4) is 10.6 Å². The molecule has 1 aliphatic rings. The molecule has 1 fully saturated rings. The van der Waals surface area contributed by atoms with Crippen LogP contribution in [0.5, 0.6) is 0 Å². The third kappa shape index (κ3) is 4.93. The van der Waals surface area contributed by atoms with Crippen molar-refractivity contribution in [1.29, 1.82) is 0 Å². The number of thiazole rings is 1. The predicted octanol–water partition coefficient (Wildman–Crippen LogP) is 4.20. The van der Waals surface area contributed by atoms with E-state index >= 15 is 0 Å². The molecule has 28 heavy (non-hydrogen) atoms. The first kappa shape index (κ1) is 19.0. The van der Waals surface area contributed by atoms with Gasteiger partial charge in [-0.2, -0.15) is 0 Å². The van der Waals surface area contributed by atoms with Gasteiger partial charge in [-0.05, 0) is 5.56 Å². The van der Waals surface area contributed by atoms with Crippen molar-refractivity contribution in [3.63, 3.8) is 0 Å². The van der Waals surface area contributed by atoms with Gasteiger partial charge in [-0.3, -0.25) is 9.69 Å². The summed E-state index contributed by atoms with van der Waals surface area (Å²) >= 11 is 1.54. The van der Waals surface area contributed by atoms with Crippen LogP contribution in [0.4, 0.5) is 0 Å². The highest BCUT2D eigenvalue weighted by atomic mass is 32.1. The molecule has 0 atom stereocenters. The van der Waals surface area contributed by atoms with E-state index in [2.05, 4.69) is 45.1 Å². The maximum Gasteiger partial charge on any atom is 0.183 e. The zero-order valence-corrected chi connectivity index (χ0v) is 16.8. The number of rotatable bonds is 7. The molecule has 0 aliphatic carbocycles. The van der Waals surface area contributed by atoms with Gasteiger partial charge in [0.05, 0.1) is 0 Å². The molecule has 1 saturated heterocycles. The summed E-state index contributed by atoms with van der Waals surface area (Å²) in [5.41, 5.74) is 3.04. The number of hydrogen-bond acceptors (Lipinski definition) is 5. The normalized spacial score (nSPS) is 15.6. The molecule has 2 heterocycles. The van der Waals surface area contributed by atoms with Gasteiger partial charge in [-0.1, -0.05) is 60.7 Å². The number of Topliss-reactive ketones (excluding diaryl/α,β-unsaturated/α-hetero) is 1. The molecular weight excluding hydrogens is 366 g/mol. The van der Waals surface area contributed by atoms with E-state index in [1.165, 1.54) is 5.56 Å². The molecule has 1 aromatic heterocycles. The summed E-state index contributed by atoms with van der Waals surface area (Å²) in [6, 6.07) is 20.7. The topological polar surface area (TPSA) is 36.4 Å². The monoisotopic (exact) mass is 391 g/mol. The molecule has 4 rings (SSSR count). The maximum atomic E-state index is 12.5. The van der Waals surface area contributed by atoms with Crippen LogP contribution in [0.2, 0.25) is 0 Å². The third-order valence-corrected chi connectivity index (χ3v) is 6.07. The molecule has 0 N–H and O–H groups in total. The van der Waals surface area contributed by atoms with Crippen LogP contribution >= 0.6 is 11.3 Å². The Hall–Kier alpha value is -2.34. The molecule has 0 unspecified atom stereocenters. The highest BCUT2D eigenvalue weighted by molar-refractivity contribution is 7.13. The first-order valence-electron chi connectivity index (χ1n) is 9.81. The lowest BCUT2D eigenvalue weighted by atomic mass is 10.2. The van der Waals surface area contributed by atoms with Crippen LogP contribution in [0.1, 0.15) is 22.5 Å². The Labute approximate surface area is 170 Å². The standard InChI is InChI=1S/C23H25N3OS/c27-22(21-18-28-23(24-21)20-9-5-2-6-10-20)11-12-25-13-15-26(16-14-25)17-19-7-3-1-4-8-19/h1-10,18H,11-17H2. The molecule has 0 bridgehead atoms. The average molecular weight is 392 g/mol. The number of hydrogen-bond donors (Lipinski definition) is 0. The van der Waals surface area contributed by atoms with Crippen molar-refractivity contribution >= 4 is 17.1 Å². The lowest BCUT2D eigenvalue weighted by molar-refractivity contribution is 0.0919. The van der Waals surface area contributed by atoms with E-state index in [-0.39, 0.29) is 5.78 Å². The minimum Gasteiger partial charge on any atom is -0.300 e. The largest absolute Gasteiger partial charge is 0.300 e. The molecular formula is C23H25N3OS. The van der Waals surface area contributed by atoms with E-state index in [1.807, 2.05) is 35.7 Å². The average Bonchev–Trinajstić information content (AvgIpc) is 3.25. The van der Waals surface area contributed by atoms with Crippen molar-refractivity contribution in [3.05, 3.63) is 77.3 Å². The van der Waals surface area contributed by atoms with Crippen LogP contribution in [0, 0.1) is 0 Å². The summed E-state index contributed by atoms with van der Waals surface area (Å²) in [6.07, 6.45) is 0.538. The van der Waals surface area contributed by atoms with Crippen LogP contribution in [0.25, 0.3) is 10.6 Å². The summed E-state index contributed by atoms with van der Waals surface area (Å²) < 4.78 is 0. The van der Waals surface area contributed by atoms with Crippen LogP contribution in [0.15, 0.2) is 66.0 Å². The molecule has 0 radical (unpaired) electrons. The van der Waals surface area contributed by atoms with E-state index < -0.39 is 0 Å². The van der Waals surface area contributed by atoms with Crippen LogP contribution in [0.3, 0.4) is 0 Å². The van der Waals surface area contributed by atoms with Gasteiger partial charge in [0.15, 0.2) is 5.78 Å². The Kier molecular flexibility index (Phi) is 6.27. The Morgan fingerprint density at radius 3 is 2.25 bits per heavy atom. The van der Waals surface area contributed by atoms with Crippen molar-refractivity contribution in [2.45, 2.75) is 13.0 Å². The van der Waals surface area contributed by atoms with Gasteiger partial charge >= 0.3 is 0 Å². The number of ketones is 1. The fourth-order valence-electron chi connectivity index (χ4n) is 3.52. The highest BCUT2D eigenvalue weighted by Crippen LogP contribution is 2.23. The van der Waals surface area contributed by atoms with Gasteiger partial charge in [0.2, 0.25) is 0 Å². The quantitative estimate of drug-likeness (QED) is 0.566. The molecule has 2 aromatic carbocycles. The third-order valence-electron chi connectivity index (χ3n) is 5.18. The number of benzene rings is 2. The molecule has 0 amide bonds. The maximum absolute atomic E-state index is 12.5. The first-order valence-corrected chi connectivity index (χ1v) is 10.7. The molecule has 0 spiro atoms. The van der Waals surface area contributed by atoms with E-state index in [4.69, 9.17) is 0 Å². The van der Waals surface area contributed by atoms with Gasteiger partial charge in [-0.25, -0.2) is 4.98 Å². The Bertz CT molecular complexity index is 886. The molecule has 1 aliphatic heterocycles. The second-order valence-electron chi connectivity index (χ2n) is 7.18. The lowest BCUT2D eigenvalue weighted by Crippen LogP contribution is -2.46. The Balaban J connectivity index is 1.23. The minimum atomic E-state index is 0.144. The van der Waals surface area contributed by atoms with Crippen LogP contribution in [-0.2, 0) is 6.54 Å². The zero-order chi connectivity index (χ0) is 19.2. The number of carbonyl (C=O) groups excluding carboxylic acids is 1. The number of carbonyl (C=O) groups is 1. The Morgan fingerprint density at radius 1 is 0.893 bits per heavy atom. The fourth-order valence-corrected chi connectivity index (χ4v) is 4.35. The summed E-state index contributed by atoms with van der Waals surface area (Å²) in [7, 11) is 0. The van der Waals surface area contributed by atoms with E-state index in [9.17, 15) is 4.79 Å². The molecule has 4 nitrogen and oxygen atoms in total. The fraction of sp³-hybridized carbons (Fsp3) is 0.304. The summed E-state index contributed by atoms with van der Waals surface area (Å²) in [5, 5.41) is 2.81. The second-order valence-corrected chi connectivity index (χ2v) is 8.04. The van der Waals surface area contributed by atoms with Crippen LogP contribution < -0.4 is 0 Å². The number of piperazine rings is 1. The van der Waals surface area contributed by atoms with Gasteiger partial charge in [0, 0.05) is 56.6 Å². The van der Waals surface area contributed by atoms with E-state index in [0.717, 1.165) is 49.8 Å². The summed E-state index contributed by atoms with van der Waals surface area (Å²) in [4.78, 5) is 22.0. The smallest absolute Gasteiger partial charge is 0.183 e. The van der Waals surface area contributed by atoms with Crippen molar-refractivity contribution in [1.82, 2.24) is 14.8 Å². The number of aromatic nitrogens is 1. The SMILES string of the molecule is O=C(CCN1CCN(Cc2ccccc2)CC1)c1csc(-c2ccccc2)n1. The van der Waals surface area contributed by atoms with Gasteiger partial charge in [-0.15, -0.1) is 11.3 Å². The number of nitrogens with zero attached hydrogens (tertiary/aromatic N) is 3. The van der Waals surface area contributed by atoms with Gasteiger partial charge < -0.3 is 4.90 Å². The first-order chi connectivity index (χ1) is 13.8.